The van der Waals surface area contributed by atoms with Crippen LogP contribution in [0.25, 0.3) is 11.0 Å². The first-order valence-corrected chi connectivity index (χ1v) is 18.1. The summed E-state index contributed by atoms with van der Waals surface area (Å²) in [5.74, 6) is 3.39. The molecule has 8 nitrogen and oxygen atoms in total. The van der Waals surface area contributed by atoms with Gasteiger partial charge in [-0.15, -0.1) is 5.54 Å². The van der Waals surface area contributed by atoms with Crippen LogP contribution < -0.4 is 10.9 Å². The maximum Gasteiger partial charge on any atom is 0.268 e. The standard InChI is InChI=1S/C28H36N4O4SSi/c1-27(2,37(4,35)36)21-10-12-22(13-11-21)30-26-29-18-20-17-19(14-16-38(5,6)7)25(33)32(24(20)31-26)23-9-8-15-28(23,3)34/h10-13,17-18,23,34H,8-9,15H2,1-7H3,(H,29,30,31)/t23-,28-/m1/s1. The number of pyridine rings is 1. The summed E-state index contributed by atoms with van der Waals surface area (Å²) in [5, 5.41) is 14.9. The normalized spacial score (nSPS) is 20.3. The first-order valence-electron chi connectivity index (χ1n) is 12.7. The van der Waals surface area contributed by atoms with Crippen LogP contribution in [0.4, 0.5) is 11.6 Å². The second-order valence-corrected chi connectivity index (χ2v) is 19.3. The van der Waals surface area contributed by atoms with Crippen molar-refractivity contribution in [2.75, 3.05) is 11.6 Å². The van der Waals surface area contributed by atoms with E-state index < -0.39 is 34.3 Å². The Bertz CT molecular complexity index is 1610. The molecule has 1 aliphatic rings. The molecule has 0 amide bonds. The summed E-state index contributed by atoms with van der Waals surface area (Å²) < 4.78 is 25.0. The average Bonchev–Trinajstić information content (AvgIpc) is 3.15. The molecular weight excluding hydrogens is 516 g/mol. The van der Waals surface area contributed by atoms with Crippen molar-refractivity contribution in [1.29, 1.82) is 0 Å². The van der Waals surface area contributed by atoms with Crippen LogP contribution in [0.5, 0.6) is 0 Å². The van der Waals surface area contributed by atoms with Gasteiger partial charge in [0.2, 0.25) is 5.95 Å². The Morgan fingerprint density at radius 2 is 1.87 bits per heavy atom. The van der Waals surface area contributed by atoms with Gasteiger partial charge >= 0.3 is 0 Å². The molecule has 1 fully saturated rings. The highest BCUT2D eigenvalue weighted by molar-refractivity contribution is 7.91. The molecule has 1 aromatic carbocycles. The molecule has 4 rings (SSSR count). The van der Waals surface area contributed by atoms with Gasteiger partial charge < -0.3 is 10.4 Å². The van der Waals surface area contributed by atoms with Crippen LogP contribution >= 0.6 is 0 Å². The average molecular weight is 553 g/mol. The van der Waals surface area contributed by atoms with Gasteiger partial charge in [0.15, 0.2) is 9.84 Å². The van der Waals surface area contributed by atoms with E-state index in [1.807, 2.05) is 0 Å². The van der Waals surface area contributed by atoms with Crippen molar-refractivity contribution in [3.8, 4) is 11.5 Å². The molecule has 2 N–H and O–H groups in total. The van der Waals surface area contributed by atoms with Gasteiger partial charge in [0.05, 0.1) is 22.0 Å². The van der Waals surface area contributed by atoms with Crippen LogP contribution in [0.2, 0.25) is 19.6 Å². The van der Waals surface area contributed by atoms with Crippen molar-refractivity contribution >= 4 is 40.6 Å². The molecule has 10 heteroatoms. The number of aromatic nitrogens is 3. The number of rotatable bonds is 5. The Morgan fingerprint density at radius 1 is 1.21 bits per heavy atom. The number of hydrogen-bond acceptors (Lipinski definition) is 7. The molecule has 2 atom stereocenters. The van der Waals surface area contributed by atoms with Crippen LogP contribution in [0.15, 0.2) is 41.3 Å². The number of anilines is 2. The molecule has 2 heterocycles. The largest absolute Gasteiger partial charge is 0.388 e. The lowest BCUT2D eigenvalue weighted by atomic mass is 9.99. The predicted octanol–water partition coefficient (Wildman–Crippen LogP) is 4.52. The van der Waals surface area contributed by atoms with Gasteiger partial charge in [0.25, 0.3) is 5.56 Å². The molecule has 1 aliphatic carbocycles. The summed E-state index contributed by atoms with van der Waals surface area (Å²) in [4.78, 5) is 22.8. The van der Waals surface area contributed by atoms with Gasteiger partial charge in [-0.1, -0.05) is 37.7 Å². The maximum absolute atomic E-state index is 13.7. The Labute approximate surface area is 225 Å². The molecule has 3 aromatic rings. The molecular formula is C28H36N4O4SSi. The Kier molecular flexibility index (Phi) is 7.10. The minimum absolute atomic E-state index is 0.257. The van der Waals surface area contributed by atoms with Crippen LogP contribution in [-0.4, -0.2) is 48.0 Å². The predicted molar refractivity (Wildman–Crippen MR) is 155 cm³/mol. The zero-order chi connectivity index (χ0) is 28.1. The van der Waals surface area contributed by atoms with E-state index in [1.165, 1.54) is 6.26 Å². The van der Waals surface area contributed by atoms with E-state index in [0.717, 1.165) is 6.42 Å². The van der Waals surface area contributed by atoms with Gasteiger partial charge in [-0.05, 0) is 63.8 Å². The summed E-state index contributed by atoms with van der Waals surface area (Å²) >= 11 is 0. The zero-order valence-corrected chi connectivity index (χ0v) is 24.9. The summed E-state index contributed by atoms with van der Waals surface area (Å²) in [6.45, 7) is 11.5. The molecule has 0 radical (unpaired) electrons. The van der Waals surface area contributed by atoms with Gasteiger partial charge in [0, 0.05) is 23.5 Å². The summed E-state index contributed by atoms with van der Waals surface area (Å²) in [5.41, 5.74) is 4.15. The van der Waals surface area contributed by atoms with E-state index >= 15 is 0 Å². The summed E-state index contributed by atoms with van der Waals surface area (Å²) in [7, 11) is -5.02. The fourth-order valence-electron chi connectivity index (χ4n) is 4.65. The van der Waals surface area contributed by atoms with Crippen molar-refractivity contribution in [2.45, 2.75) is 76.1 Å². The zero-order valence-electron chi connectivity index (χ0n) is 23.1. The highest BCUT2D eigenvalue weighted by atomic mass is 32.2. The molecule has 0 aliphatic heterocycles. The van der Waals surface area contributed by atoms with E-state index in [2.05, 4.69) is 41.4 Å². The Hall–Kier alpha value is -3.00. The third-order valence-electron chi connectivity index (χ3n) is 7.30. The number of nitrogens with zero attached hydrogens (tertiary/aromatic N) is 3. The first kappa shape index (κ1) is 28.0. The van der Waals surface area contributed by atoms with E-state index in [1.54, 1.807) is 61.9 Å². The lowest BCUT2D eigenvalue weighted by Crippen LogP contribution is -2.38. The first-order chi connectivity index (χ1) is 17.5. The molecule has 1 saturated carbocycles. The lowest BCUT2D eigenvalue weighted by Gasteiger charge is -2.28. The number of benzene rings is 1. The number of nitrogens with one attached hydrogen (secondary N) is 1. The number of hydrogen-bond donors (Lipinski definition) is 2. The van der Waals surface area contributed by atoms with E-state index in [9.17, 15) is 18.3 Å². The van der Waals surface area contributed by atoms with Gasteiger partial charge in [-0.3, -0.25) is 9.36 Å². The quantitative estimate of drug-likeness (QED) is 0.353. The SMILES string of the molecule is CC(C)(c1ccc(Nc2ncc3cc(C#C[Si](C)(C)C)c(=O)n([C@@H]4CCC[C@@]4(C)O)c3n2)cc1)S(C)(=O)=O. The highest BCUT2D eigenvalue weighted by Crippen LogP contribution is 2.39. The highest BCUT2D eigenvalue weighted by Gasteiger charge is 2.40. The van der Waals surface area contributed by atoms with Crippen LogP contribution in [0, 0.1) is 11.5 Å². The van der Waals surface area contributed by atoms with Crippen LogP contribution in [0.3, 0.4) is 0 Å². The van der Waals surface area contributed by atoms with Crippen molar-refractivity contribution in [1.82, 2.24) is 14.5 Å². The molecule has 0 spiro atoms. The topological polar surface area (TPSA) is 114 Å². The van der Waals surface area contributed by atoms with Crippen LogP contribution in [-0.2, 0) is 14.6 Å². The van der Waals surface area contributed by atoms with E-state index in [0.29, 0.717) is 46.6 Å². The maximum atomic E-state index is 13.7. The number of sulfone groups is 1. The third-order valence-corrected chi connectivity index (χ3v) is 10.3. The van der Waals surface area contributed by atoms with E-state index in [-0.39, 0.29) is 5.56 Å². The summed E-state index contributed by atoms with van der Waals surface area (Å²) in [6, 6.07) is 8.39. The van der Waals surface area contributed by atoms with E-state index in [4.69, 9.17) is 4.98 Å². The molecule has 202 valence electrons. The fraction of sp³-hybridized carbons (Fsp3) is 0.464. The monoisotopic (exact) mass is 552 g/mol. The summed E-state index contributed by atoms with van der Waals surface area (Å²) in [6.07, 6.45) is 4.96. The molecule has 0 saturated heterocycles. The number of aliphatic hydroxyl groups is 1. The second-order valence-electron chi connectivity index (χ2n) is 12.0. The Morgan fingerprint density at radius 3 is 2.42 bits per heavy atom. The fourth-order valence-corrected chi connectivity index (χ4v) is 5.72. The molecule has 0 unspecified atom stereocenters. The molecule has 0 bridgehead atoms. The van der Waals surface area contributed by atoms with Crippen LogP contribution in [0.1, 0.15) is 57.2 Å². The van der Waals surface area contributed by atoms with Gasteiger partial charge in [0.1, 0.15) is 13.7 Å². The minimum Gasteiger partial charge on any atom is -0.388 e. The van der Waals surface area contributed by atoms with Gasteiger partial charge in [-0.25, -0.2) is 13.4 Å². The smallest absolute Gasteiger partial charge is 0.268 e. The van der Waals surface area contributed by atoms with Crippen molar-refractivity contribution in [2.24, 2.45) is 0 Å². The Balaban J connectivity index is 1.79. The third kappa shape index (κ3) is 5.55. The lowest BCUT2D eigenvalue weighted by molar-refractivity contribution is 0.0266. The van der Waals surface area contributed by atoms with Crippen molar-refractivity contribution in [3.63, 3.8) is 0 Å². The molecule has 2 aromatic heterocycles. The number of fused-ring (bicyclic) bond motifs is 1. The van der Waals surface area contributed by atoms with Crippen molar-refractivity contribution in [3.05, 3.63) is 58.0 Å². The minimum atomic E-state index is -3.30. The molecule has 38 heavy (non-hydrogen) atoms. The van der Waals surface area contributed by atoms with Gasteiger partial charge in [-0.2, -0.15) is 4.98 Å². The second kappa shape index (κ2) is 9.63. The van der Waals surface area contributed by atoms with Crippen molar-refractivity contribution < 1.29 is 13.5 Å².